The third-order valence-electron chi connectivity index (χ3n) is 3.74. The Morgan fingerprint density at radius 3 is 2.65 bits per heavy atom. The zero-order chi connectivity index (χ0) is 18.7. The van der Waals surface area contributed by atoms with E-state index in [1.54, 1.807) is 24.4 Å². The van der Waals surface area contributed by atoms with E-state index in [0.717, 1.165) is 5.56 Å². The summed E-state index contributed by atoms with van der Waals surface area (Å²) in [6, 6.07) is 11.7. The summed E-state index contributed by atoms with van der Waals surface area (Å²) in [6.45, 7) is 0.370. The highest BCUT2D eigenvalue weighted by Crippen LogP contribution is 2.34. The lowest BCUT2D eigenvalue weighted by molar-refractivity contribution is 0.145. The zero-order valence-corrected chi connectivity index (χ0v) is 13.9. The lowest BCUT2D eigenvalue weighted by Crippen LogP contribution is -1.99. The van der Waals surface area contributed by atoms with Crippen LogP contribution in [0, 0.1) is 11.3 Å². The Labute approximate surface area is 148 Å². The van der Waals surface area contributed by atoms with E-state index in [0.29, 0.717) is 29.1 Å². The van der Waals surface area contributed by atoms with Crippen LogP contribution in [0.5, 0.6) is 11.6 Å². The van der Waals surface area contributed by atoms with Crippen LogP contribution in [0.1, 0.15) is 23.2 Å². The number of hydrogen-bond acceptors (Lipinski definition) is 5. The Morgan fingerprint density at radius 2 is 2.08 bits per heavy atom. The minimum Gasteiger partial charge on any atom is -0.439 e. The molecule has 1 aromatic carbocycles. The third kappa shape index (κ3) is 3.53. The number of nitrogens with two attached hydrogens (primary N) is 1. The monoisotopic (exact) mass is 355 g/mol. The average Bonchev–Trinajstić information content (AvgIpc) is 3.02. The van der Waals surface area contributed by atoms with Gasteiger partial charge in [-0.05, 0) is 29.8 Å². The van der Waals surface area contributed by atoms with E-state index in [9.17, 15) is 8.78 Å². The molecule has 0 radical (unpaired) electrons. The van der Waals surface area contributed by atoms with Crippen LogP contribution in [-0.4, -0.2) is 14.8 Å². The molecule has 0 atom stereocenters. The highest BCUT2D eigenvalue weighted by Gasteiger charge is 2.17. The Hall–Kier alpha value is -3.31. The van der Waals surface area contributed by atoms with Crippen LogP contribution in [-0.2, 0) is 13.6 Å². The first-order valence-corrected chi connectivity index (χ1v) is 7.71. The van der Waals surface area contributed by atoms with E-state index in [4.69, 9.17) is 15.7 Å². The van der Waals surface area contributed by atoms with Gasteiger partial charge in [0, 0.05) is 31.4 Å². The van der Waals surface area contributed by atoms with E-state index in [1.165, 1.54) is 23.9 Å². The maximum Gasteiger partial charge on any atom is 0.282 e. The standard InChI is InChI=1S/C18H15F2N5O/c1-25-17(7-15(24-25)18(19)20)26-16-6-11(8-21)2-4-13(16)14-5-3-12(9-22)10-23-14/h2-7,10,18H,9,22H2,1H3. The van der Waals surface area contributed by atoms with E-state index < -0.39 is 6.43 Å². The summed E-state index contributed by atoms with van der Waals surface area (Å²) < 4.78 is 32.7. The summed E-state index contributed by atoms with van der Waals surface area (Å²) in [5, 5.41) is 12.9. The molecule has 6 nitrogen and oxygen atoms in total. The summed E-state index contributed by atoms with van der Waals surface area (Å²) in [5.41, 5.74) is 7.67. The quantitative estimate of drug-likeness (QED) is 0.756. The number of rotatable bonds is 5. The summed E-state index contributed by atoms with van der Waals surface area (Å²) in [4.78, 5) is 4.35. The van der Waals surface area contributed by atoms with Crippen LogP contribution in [0.3, 0.4) is 0 Å². The van der Waals surface area contributed by atoms with Crippen LogP contribution >= 0.6 is 0 Å². The van der Waals surface area contributed by atoms with Crippen LogP contribution < -0.4 is 10.5 Å². The topological polar surface area (TPSA) is 89.8 Å². The van der Waals surface area contributed by atoms with Crippen molar-refractivity contribution in [2.75, 3.05) is 0 Å². The van der Waals surface area contributed by atoms with Crippen molar-refractivity contribution in [1.82, 2.24) is 14.8 Å². The predicted octanol–water partition coefficient (Wildman–Crippen LogP) is 3.54. The van der Waals surface area contributed by atoms with Crippen molar-refractivity contribution in [2.24, 2.45) is 12.8 Å². The van der Waals surface area contributed by atoms with Crippen molar-refractivity contribution in [3.8, 4) is 29.0 Å². The SMILES string of the molecule is Cn1nc(C(F)F)cc1Oc1cc(C#N)ccc1-c1ccc(CN)cn1. The van der Waals surface area contributed by atoms with Gasteiger partial charge in [-0.2, -0.15) is 10.4 Å². The Kier molecular flexibility index (Phi) is 4.91. The van der Waals surface area contributed by atoms with Gasteiger partial charge in [-0.25, -0.2) is 13.5 Å². The first-order chi connectivity index (χ1) is 12.5. The molecule has 0 unspecified atom stereocenters. The van der Waals surface area contributed by atoms with Gasteiger partial charge in [-0.1, -0.05) is 6.07 Å². The normalized spacial score (nSPS) is 10.8. The molecule has 0 saturated carbocycles. The van der Waals surface area contributed by atoms with Gasteiger partial charge >= 0.3 is 0 Å². The molecule has 2 N–H and O–H groups in total. The van der Waals surface area contributed by atoms with Gasteiger partial charge < -0.3 is 10.5 Å². The Morgan fingerprint density at radius 1 is 1.27 bits per heavy atom. The van der Waals surface area contributed by atoms with Crippen molar-refractivity contribution >= 4 is 0 Å². The maximum absolute atomic E-state index is 12.8. The highest BCUT2D eigenvalue weighted by atomic mass is 19.3. The van der Waals surface area contributed by atoms with E-state index in [1.807, 2.05) is 12.1 Å². The number of alkyl halides is 2. The van der Waals surface area contributed by atoms with Gasteiger partial charge in [0.05, 0.1) is 17.3 Å². The van der Waals surface area contributed by atoms with Crippen molar-refractivity contribution in [3.63, 3.8) is 0 Å². The second-order valence-corrected chi connectivity index (χ2v) is 5.51. The molecule has 0 aliphatic rings. The van der Waals surface area contributed by atoms with Gasteiger partial charge in [0.2, 0.25) is 5.88 Å². The van der Waals surface area contributed by atoms with E-state index in [2.05, 4.69) is 10.1 Å². The molecule has 3 aromatic rings. The number of ether oxygens (including phenoxy) is 1. The molecule has 0 amide bonds. The minimum absolute atomic E-state index is 0.134. The second kappa shape index (κ2) is 7.29. The number of aromatic nitrogens is 3. The van der Waals surface area contributed by atoms with Crippen LogP contribution in [0.2, 0.25) is 0 Å². The Balaban J connectivity index is 2.03. The van der Waals surface area contributed by atoms with Gasteiger partial charge in [0.1, 0.15) is 11.4 Å². The van der Waals surface area contributed by atoms with Gasteiger partial charge in [0.25, 0.3) is 6.43 Å². The van der Waals surface area contributed by atoms with Crippen molar-refractivity contribution in [1.29, 1.82) is 5.26 Å². The molecule has 0 aliphatic carbocycles. The molecule has 2 heterocycles. The summed E-state index contributed by atoms with van der Waals surface area (Å²) in [6.07, 6.45) is -1.05. The van der Waals surface area contributed by atoms with Crippen LogP contribution in [0.15, 0.2) is 42.6 Å². The second-order valence-electron chi connectivity index (χ2n) is 5.51. The van der Waals surface area contributed by atoms with Crippen molar-refractivity contribution < 1.29 is 13.5 Å². The first kappa shape index (κ1) is 17.5. The lowest BCUT2D eigenvalue weighted by atomic mass is 10.1. The predicted molar refractivity (Wildman–Crippen MR) is 90.5 cm³/mol. The zero-order valence-electron chi connectivity index (χ0n) is 13.9. The van der Waals surface area contributed by atoms with Crippen molar-refractivity contribution in [2.45, 2.75) is 13.0 Å². The van der Waals surface area contributed by atoms with Gasteiger partial charge in [-0.3, -0.25) is 4.98 Å². The fourth-order valence-electron chi connectivity index (χ4n) is 2.38. The molecule has 132 valence electrons. The number of benzene rings is 1. The third-order valence-corrected chi connectivity index (χ3v) is 3.74. The van der Waals surface area contributed by atoms with Gasteiger partial charge in [0.15, 0.2) is 0 Å². The number of halogens is 2. The van der Waals surface area contributed by atoms with Crippen molar-refractivity contribution in [3.05, 3.63) is 59.4 Å². The minimum atomic E-state index is -2.70. The molecule has 0 aliphatic heterocycles. The molecule has 3 rings (SSSR count). The fourth-order valence-corrected chi connectivity index (χ4v) is 2.38. The number of aryl methyl sites for hydroxylation is 1. The van der Waals surface area contributed by atoms with E-state index >= 15 is 0 Å². The number of hydrogen-bond donors (Lipinski definition) is 1. The molecule has 0 spiro atoms. The average molecular weight is 355 g/mol. The molecule has 8 heteroatoms. The molecular weight excluding hydrogens is 340 g/mol. The number of pyridine rings is 1. The summed E-state index contributed by atoms with van der Waals surface area (Å²) in [5.74, 6) is 0.455. The smallest absolute Gasteiger partial charge is 0.282 e. The highest BCUT2D eigenvalue weighted by molar-refractivity contribution is 5.69. The van der Waals surface area contributed by atoms with Crippen LogP contribution in [0.25, 0.3) is 11.3 Å². The maximum atomic E-state index is 12.8. The molecule has 0 saturated heterocycles. The molecule has 2 aromatic heterocycles. The largest absolute Gasteiger partial charge is 0.439 e. The summed E-state index contributed by atoms with van der Waals surface area (Å²) >= 11 is 0. The number of nitriles is 1. The van der Waals surface area contributed by atoms with Gasteiger partial charge in [-0.15, -0.1) is 0 Å². The molecule has 0 fully saturated rings. The summed E-state index contributed by atoms with van der Waals surface area (Å²) in [7, 11) is 1.50. The van der Waals surface area contributed by atoms with Crippen LogP contribution in [0.4, 0.5) is 8.78 Å². The fraction of sp³-hybridized carbons (Fsp3) is 0.167. The molecular formula is C18H15F2N5O. The first-order valence-electron chi connectivity index (χ1n) is 7.71. The number of nitrogens with zero attached hydrogens (tertiary/aromatic N) is 4. The van der Waals surface area contributed by atoms with E-state index in [-0.39, 0.29) is 11.6 Å². The molecule has 26 heavy (non-hydrogen) atoms. The lowest BCUT2D eigenvalue weighted by Gasteiger charge is -2.11. The Bertz CT molecular complexity index is 961. The molecule has 0 bridgehead atoms.